The van der Waals surface area contributed by atoms with Gasteiger partial charge in [0.2, 0.25) is 65.0 Å². The molecule has 3 rings (SSSR count). The van der Waals surface area contributed by atoms with Crippen molar-refractivity contribution >= 4 is 72.6 Å². The average Bonchev–Trinajstić information content (AvgIpc) is 0.818. The lowest BCUT2D eigenvalue weighted by atomic mass is 9.97. The van der Waals surface area contributed by atoms with E-state index in [4.69, 9.17) is 47.2 Å². The van der Waals surface area contributed by atoms with Crippen molar-refractivity contribution in [2.45, 2.75) is 273 Å². The molecule has 0 aromatic heterocycles. The Balaban J connectivity index is 1.56. The van der Waals surface area contributed by atoms with Gasteiger partial charge in [-0.05, 0) is 91.4 Å². The molecule has 18 atom stereocenters. The Bertz CT molecular complexity index is 3010. The molecule has 0 aromatic rings. The maximum absolute atomic E-state index is 14.4. The molecule has 0 bridgehead atoms. The first-order chi connectivity index (χ1) is 55.6. The molecular weight excluding hydrogens is 1570 g/mol. The van der Waals surface area contributed by atoms with Gasteiger partial charge in [0.1, 0.15) is 85.1 Å². The largest absolute Gasteiger partial charge is 0.394 e. The predicted molar refractivity (Wildman–Crippen MR) is 412 cm³/mol. The summed E-state index contributed by atoms with van der Waals surface area (Å²) < 4.78 is 67.8. The van der Waals surface area contributed by atoms with Crippen LogP contribution in [0.25, 0.3) is 0 Å². The molecule has 3 aliphatic heterocycles. The molecule has 44 heteroatoms. The van der Waals surface area contributed by atoms with E-state index in [1.807, 2.05) is 0 Å². The van der Waals surface area contributed by atoms with Gasteiger partial charge in [-0.2, -0.15) is 0 Å². The van der Waals surface area contributed by atoms with Crippen LogP contribution in [-0.2, 0) is 104 Å². The highest BCUT2D eigenvalue weighted by molar-refractivity contribution is 7.54. The minimum atomic E-state index is -3.85. The summed E-state index contributed by atoms with van der Waals surface area (Å²) >= 11 is 0. The lowest BCUT2D eigenvalue weighted by Gasteiger charge is -2.42. The Kier molecular flexibility index (Phi) is 52.4. The van der Waals surface area contributed by atoms with Crippen LogP contribution in [0.3, 0.4) is 0 Å². The number of carbonyl (C=O) groups excluding carboxylic acids is 11. The average molecular weight is 1710 g/mol. The molecule has 117 heavy (non-hydrogen) atoms. The highest BCUT2D eigenvalue weighted by Crippen LogP contribution is 2.54. The molecule has 0 radical (unpaired) electrons. The molecule has 21 N–H and O–H groups in total. The van der Waals surface area contributed by atoms with Crippen molar-refractivity contribution < 1.29 is 155 Å². The van der Waals surface area contributed by atoms with E-state index in [2.05, 4.69) is 58.5 Å². The van der Waals surface area contributed by atoms with Crippen LogP contribution in [0.2, 0.25) is 0 Å². The summed E-state index contributed by atoms with van der Waals surface area (Å²) in [6, 6.07) is -5.74. The summed E-state index contributed by atoms with van der Waals surface area (Å²) in [5, 5.41) is 119. The van der Waals surface area contributed by atoms with Gasteiger partial charge >= 0.3 is 7.60 Å². The lowest BCUT2D eigenvalue weighted by Crippen LogP contribution is -2.64. The minimum absolute atomic E-state index is 0.00183. The third kappa shape index (κ3) is 42.6. The van der Waals surface area contributed by atoms with Gasteiger partial charge in [0.05, 0.1) is 91.0 Å². The van der Waals surface area contributed by atoms with E-state index in [0.29, 0.717) is 44.9 Å². The minimum Gasteiger partial charge on any atom is -0.394 e. The molecule has 3 heterocycles. The quantitative estimate of drug-likeness (QED) is 0.0199. The second-order valence-electron chi connectivity index (χ2n) is 29.5. The van der Waals surface area contributed by atoms with E-state index in [0.717, 1.165) is 0 Å². The smallest absolute Gasteiger partial charge is 0.333 e. The maximum atomic E-state index is 14.4. The number of ether oxygens (including phenoxy) is 9. The molecule has 3 fully saturated rings. The van der Waals surface area contributed by atoms with Crippen molar-refractivity contribution in [2.24, 2.45) is 0 Å². The van der Waals surface area contributed by atoms with E-state index in [-0.39, 0.29) is 206 Å². The Morgan fingerprint density at radius 3 is 1.00 bits per heavy atom. The van der Waals surface area contributed by atoms with Crippen molar-refractivity contribution in [1.82, 2.24) is 58.5 Å². The third-order valence-corrected chi connectivity index (χ3v) is 20.9. The van der Waals surface area contributed by atoms with E-state index in [9.17, 15) is 108 Å². The highest BCUT2D eigenvalue weighted by atomic mass is 31.2. The Morgan fingerprint density at radius 2 is 0.667 bits per heavy atom. The first-order valence-electron chi connectivity index (χ1n) is 40.1. The zero-order valence-corrected chi connectivity index (χ0v) is 69.0. The SMILES string of the molecule is CC(=O)NC1C(OCCOCCNC(=O)CCCC(=O)NCCCC[C@H](NC(=O)CCCC(=O)NCCOCCOC2OC(CO)C(O)C(O)C2NC(C)=O)C(=O)N[C@@H](CCCCNC(=O)CCCC(=O)NCCOCCOC2OC(CO)C(O)C(O)C2NC(C)=O)C(=O)NCCCCCCOP(=O)(O)C(C)(C)C)OC(CO)C(O)C1O. The molecule has 0 aliphatic carbocycles. The lowest BCUT2D eigenvalue weighted by molar-refractivity contribution is -0.272. The van der Waals surface area contributed by atoms with Crippen LogP contribution in [0.1, 0.15) is 164 Å². The monoisotopic (exact) mass is 1710 g/mol. The van der Waals surface area contributed by atoms with Crippen molar-refractivity contribution in [3.63, 3.8) is 0 Å². The van der Waals surface area contributed by atoms with Crippen molar-refractivity contribution in [2.75, 3.05) is 125 Å². The molecule has 3 saturated heterocycles. The van der Waals surface area contributed by atoms with Crippen LogP contribution in [-0.4, -0.2) is 350 Å². The van der Waals surface area contributed by atoms with Crippen LogP contribution >= 0.6 is 7.60 Å². The van der Waals surface area contributed by atoms with Gasteiger partial charge in [0.25, 0.3) is 0 Å². The second kappa shape index (κ2) is 58.5. The van der Waals surface area contributed by atoms with Crippen molar-refractivity contribution in [1.29, 1.82) is 0 Å². The maximum Gasteiger partial charge on any atom is 0.333 e. The molecule has 676 valence electrons. The highest BCUT2D eigenvalue weighted by Gasteiger charge is 2.48. The standard InChI is InChI=1S/C73H132N11O32P/c1-45(88)80-59-65(100)62(97)50(42-85)114-70(59)110-39-36-107-33-29-76-55(93)22-15-20-53(91)74-26-12-9-18-48(68(103)79-28-11-7-8-14-32-113-117(105,106)73(4,5)6)84-69(104)49(83-58(96)25-17-24-57(95)78-31-35-109-38-41-112-72-61(82-47(3)90)67(102)64(99)52(44-87)116-72)19-10-13-27-75-54(92)21-16-23-56(94)77-30-34-108-37-40-111-71-60(81-46(2)89)66(101)63(98)51(43-86)115-71/h48-52,59-67,70-72,85-87,97-102H,7-44H2,1-6H3,(H,74,91)(H,75,92)(H,76,93)(H,77,94)(H,78,95)(H,79,103)(H,80,88)(H,81,89)(H,82,90)(H,83,96)(H,84,104)(H,105,106)/t48-,49-,50?,51?,52?,59?,60?,61?,62?,63?,64?,65?,66?,67?,70?,71?,72?/m0/s1. The van der Waals surface area contributed by atoms with Crippen LogP contribution < -0.4 is 58.5 Å². The fraction of sp³-hybridized carbons (Fsp3) is 0.849. The normalized spacial score (nSPS) is 24.3. The van der Waals surface area contributed by atoms with Crippen LogP contribution in [0.4, 0.5) is 0 Å². The van der Waals surface area contributed by atoms with E-state index in [1.165, 1.54) is 20.8 Å². The van der Waals surface area contributed by atoms with Gasteiger partial charge in [-0.1, -0.05) is 12.8 Å². The molecule has 11 amide bonds. The fourth-order valence-electron chi connectivity index (χ4n) is 12.0. The first kappa shape index (κ1) is 105. The molecular formula is C73H132N11O32P. The van der Waals surface area contributed by atoms with Gasteiger partial charge in [-0.3, -0.25) is 57.3 Å². The van der Waals surface area contributed by atoms with Gasteiger partial charge in [0, 0.05) is 98.6 Å². The number of unbranched alkanes of at least 4 members (excludes halogenated alkanes) is 5. The zero-order chi connectivity index (χ0) is 86.9. The summed E-state index contributed by atoms with van der Waals surface area (Å²) in [4.78, 5) is 151. The second-order valence-corrected chi connectivity index (χ2v) is 32.1. The first-order valence-corrected chi connectivity index (χ1v) is 41.7. The van der Waals surface area contributed by atoms with Gasteiger partial charge in [-0.25, -0.2) is 0 Å². The van der Waals surface area contributed by atoms with Crippen molar-refractivity contribution in [3.05, 3.63) is 0 Å². The summed E-state index contributed by atoms with van der Waals surface area (Å²) in [5.41, 5.74) is 0. The molecule has 0 aromatic carbocycles. The Hall–Kier alpha value is -6.40. The Morgan fingerprint density at radius 1 is 0.359 bits per heavy atom. The number of carbonyl (C=O) groups is 11. The van der Waals surface area contributed by atoms with E-state index in [1.54, 1.807) is 20.8 Å². The number of hydrogen-bond donors (Lipinski definition) is 21. The molecule has 0 spiro atoms. The number of amides is 11. The third-order valence-electron chi connectivity index (χ3n) is 18.7. The molecule has 16 unspecified atom stereocenters. The number of hydrogen-bond acceptors (Lipinski definition) is 31. The van der Waals surface area contributed by atoms with Crippen LogP contribution in [0.15, 0.2) is 0 Å². The summed E-state index contributed by atoms with van der Waals surface area (Å²) in [7, 11) is -3.85. The number of aliphatic hydroxyl groups excluding tert-OH is 9. The van der Waals surface area contributed by atoms with Crippen LogP contribution in [0, 0.1) is 0 Å². The Labute approximate surface area is 681 Å². The molecule has 3 aliphatic rings. The van der Waals surface area contributed by atoms with Gasteiger partial charge in [0.15, 0.2) is 18.9 Å². The molecule has 0 saturated carbocycles. The van der Waals surface area contributed by atoms with Gasteiger partial charge < -0.3 is 156 Å². The van der Waals surface area contributed by atoms with Crippen molar-refractivity contribution in [3.8, 4) is 0 Å². The number of rotatable bonds is 61. The zero-order valence-electron chi connectivity index (χ0n) is 68.1. The summed E-state index contributed by atoms with van der Waals surface area (Å²) in [6.07, 6.45) is -12.2. The van der Waals surface area contributed by atoms with E-state index >= 15 is 0 Å². The van der Waals surface area contributed by atoms with Gasteiger partial charge in [-0.15, -0.1) is 0 Å². The fourth-order valence-corrected chi connectivity index (χ4v) is 12.8. The number of nitrogens with one attached hydrogen (secondary N) is 11. The predicted octanol–water partition coefficient (Wildman–Crippen LogP) is -6.00. The summed E-state index contributed by atoms with van der Waals surface area (Å²) in [6.45, 7) is 7.48. The van der Waals surface area contributed by atoms with E-state index < -0.39 is 178 Å². The number of aliphatic hydroxyl groups is 9. The topological polar surface area (TPSA) is 632 Å². The molecule has 43 nitrogen and oxygen atoms in total. The van der Waals surface area contributed by atoms with Crippen LogP contribution in [0.5, 0.6) is 0 Å². The summed E-state index contributed by atoms with van der Waals surface area (Å²) in [5.74, 6) is -5.17.